The van der Waals surface area contributed by atoms with Crippen LogP contribution in [0.4, 0.5) is 22.7 Å². The molecule has 14 nitrogen and oxygen atoms in total. The number of benzene rings is 3. The molecular formula is C19H13N5O9S. The Morgan fingerprint density at radius 1 is 0.794 bits per heavy atom. The molecule has 0 saturated carbocycles. The normalized spacial score (nSPS) is 11.2. The standard InChI is InChI=1S/C19H13N5O9S/c25-22(26)14-3-8-17(9-4-14)34(31,32)33-16-6-1-13(2-7-16)12-20-21-18-10-5-15(23(27)28)11-19(18)24(29)30/h1-12,21H/b20-12-. The van der Waals surface area contributed by atoms with Crippen molar-refractivity contribution in [2.24, 2.45) is 5.10 Å². The Bertz CT molecular complexity index is 1390. The fourth-order valence-electron chi connectivity index (χ4n) is 2.57. The predicted molar refractivity (Wildman–Crippen MR) is 118 cm³/mol. The molecule has 0 aliphatic heterocycles. The highest BCUT2D eigenvalue weighted by atomic mass is 32.2. The Labute approximate surface area is 190 Å². The third kappa shape index (κ3) is 5.65. The third-order valence-corrected chi connectivity index (χ3v) is 5.47. The van der Waals surface area contributed by atoms with E-state index in [0.717, 1.165) is 42.5 Å². The molecule has 0 aliphatic carbocycles. The van der Waals surface area contributed by atoms with Gasteiger partial charge in [-0.15, -0.1) is 0 Å². The van der Waals surface area contributed by atoms with Crippen LogP contribution < -0.4 is 9.61 Å². The number of non-ortho nitro benzene ring substituents is 2. The fourth-order valence-corrected chi connectivity index (χ4v) is 3.50. The van der Waals surface area contributed by atoms with E-state index < -0.39 is 36.3 Å². The third-order valence-electron chi connectivity index (χ3n) is 4.21. The molecule has 1 N–H and O–H groups in total. The zero-order chi connectivity index (χ0) is 24.9. The number of nitro groups is 3. The van der Waals surface area contributed by atoms with Crippen molar-refractivity contribution in [3.05, 3.63) is 103 Å². The fraction of sp³-hybridized carbons (Fsp3) is 0. The smallest absolute Gasteiger partial charge is 0.339 e. The van der Waals surface area contributed by atoms with Crippen LogP contribution in [-0.2, 0) is 10.1 Å². The lowest BCUT2D eigenvalue weighted by Gasteiger charge is -2.07. The first kappa shape index (κ1) is 23.7. The summed E-state index contributed by atoms with van der Waals surface area (Å²) in [5.74, 6) is -0.0329. The summed E-state index contributed by atoms with van der Waals surface area (Å²) in [5.41, 5.74) is 1.58. The van der Waals surface area contributed by atoms with E-state index in [-0.39, 0.29) is 22.0 Å². The van der Waals surface area contributed by atoms with E-state index in [9.17, 15) is 38.8 Å². The van der Waals surface area contributed by atoms with Crippen molar-refractivity contribution < 1.29 is 27.4 Å². The van der Waals surface area contributed by atoms with Gasteiger partial charge in [0.25, 0.3) is 11.4 Å². The average Bonchev–Trinajstić information content (AvgIpc) is 2.80. The van der Waals surface area contributed by atoms with Gasteiger partial charge in [0.05, 0.1) is 27.1 Å². The van der Waals surface area contributed by atoms with Gasteiger partial charge in [-0.25, -0.2) is 0 Å². The maximum absolute atomic E-state index is 12.3. The van der Waals surface area contributed by atoms with Crippen LogP contribution in [0.3, 0.4) is 0 Å². The van der Waals surface area contributed by atoms with Crippen molar-refractivity contribution in [2.45, 2.75) is 4.90 Å². The van der Waals surface area contributed by atoms with E-state index in [2.05, 4.69) is 10.5 Å². The number of nitro benzene ring substituents is 3. The molecule has 0 radical (unpaired) electrons. The minimum absolute atomic E-state index is 0.0329. The van der Waals surface area contributed by atoms with Crippen LogP contribution in [0.25, 0.3) is 0 Å². The molecule has 34 heavy (non-hydrogen) atoms. The summed E-state index contributed by atoms with van der Waals surface area (Å²) in [4.78, 5) is 30.1. The summed E-state index contributed by atoms with van der Waals surface area (Å²) >= 11 is 0. The molecule has 0 saturated heterocycles. The average molecular weight is 487 g/mol. The van der Waals surface area contributed by atoms with Crippen LogP contribution in [0.2, 0.25) is 0 Å². The lowest BCUT2D eigenvalue weighted by atomic mass is 10.2. The van der Waals surface area contributed by atoms with Crippen molar-refractivity contribution in [3.8, 4) is 5.75 Å². The number of hydrogen-bond donors (Lipinski definition) is 1. The highest BCUT2D eigenvalue weighted by molar-refractivity contribution is 7.87. The van der Waals surface area contributed by atoms with Crippen LogP contribution in [0.5, 0.6) is 5.75 Å². The molecule has 0 unspecified atom stereocenters. The van der Waals surface area contributed by atoms with Crippen molar-refractivity contribution in [1.29, 1.82) is 0 Å². The largest absolute Gasteiger partial charge is 0.379 e. The minimum Gasteiger partial charge on any atom is -0.379 e. The summed E-state index contributed by atoms with van der Waals surface area (Å²) in [7, 11) is -4.22. The van der Waals surface area contributed by atoms with Crippen molar-refractivity contribution in [2.75, 3.05) is 5.43 Å². The van der Waals surface area contributed by atoms with E-state index in [1.54, 1.807) is 0 Å². The number of rotatable bonds is 9. The molecule has 0 aliphatic rings. The number of hydrazone groups is 1. The lowest BCUT2D eigenvalue weighted by Crippen LogP contribution is -2.09. The van der Waals surface area contributed by atoms with Crippen LogP contribution in [-0.4, -0.2) is 29.4 Å². The number of nitrogens with zero attached hydrogens (tertiary/aromatic N) is 4. The molecule has 3 aromatic carbocycles. The molecule has 0 atom stereocenters. The highest BCUT2D eigenvalue weighted by Crippen LogP contribution is 2.29. The molecule has 15 heteroatoms. The quantitative estimate of drug-likeness (QED) is 0.201. The lowest BCUT2D eigenvalue weighted by molar-refractivity contribution is -0.393. The van der Waals surface area contributed by atoms with E-state index in [1.807, 2.05) is 0 Å². The predicted octanol–water partition coefficient (Wildman–Crippen LogP) is 3.62. The Kier molecular flexibility index (Phi) is 6.77. The summed E-state index contributed by atoms with van der Waals surface area (Å²) < 4.78 is 29.6. The van der Waals surface area contributed by atoms with E-state index in [4.69, 9.17) is 4.18 Å². The van der Waals surface area contributed by atoms with Gasteiger partial charge in [-0.05, 0) is 48.0 Å². The molecule has 0 spiro atoms. The van der Waals surface area contributed by atoms with Gasteiger partial charge in [-0.2, -0.15) is 13.5 Å². The second-order valence-corrected chi connectivity index (χ2v) is 7.99. The van der Waals surface area contributed by atoms with Crippen LogP contribution in [0.1, 0.15) is 5.56 Å². The summed E-state index contributed by atoms with van der Waals surface area (Å²) in [6.45, 7) is 0. The first-order valence-corrected chi connectivity index (χ1v) is 10.5. The monoisotopic (exact) mass is 487 g/mol. The van der Waals surface area contributed by atoms with E-state index in [1.165, 1.54) is 30.5 Å². The van der Waals surface area contributed by atoms with Gasteiger partial charge in [-0.3, -0.25) is 35.8 Å². The highest BCUT2D eigenvalue weighted by Gasteiger charge is 2.20. The number of nitrogens with one attached hydrogen (secondary N) is 1. The molecule has 0 fully saturated rings. The Morgan fingerprint density at radius 3 is 1.94 bits per heavy atom. The van der Waals surface area contributed by atoms with Gasteiger partial charge in [-0.1, -0.05) is 0 Å². The van der Waals surface area contributed by atoms with Gasteiger partial charge >= 0.3 is 15.8 Å². The van der Waals surface area contributed by atoms with Crippen molar-refractivity contribution in [3.63, 3.8) is 0 Å². The first-order chi connectivity index (χ1) is 16.1. The van der Waals surface area contributed by atoms with Crippen LogP contribution in [0.15, 0.2) is 76.7 Å². The number of anilines is 1. The van der Waals surface area contributed by atoms with Gasteiger partial charge in [0.1, 0.15) is 16.3 Å². The zero-order valence-corrected chi connectivity index (χ0v) is 17.6. The Morgan fingerprint density at radius 2 is 1.38 bits per heavy atom. The minimum atomic E-state index is -4.22. The molecule has 3 rings (SSSR count). The van der Waals surface area contributed by atoms with E-state index >= 15 is 0 Å². The van der Waals surface area contributed by atoms with Gasteiger partial charge in [0.2, 0.25) is 0 Å². The van der Waals surface area contributed by atoms with Gasteiger partial charge in [0, 0.05) is 18.2 Å². The summed E-state index contributed by atoms with van der Waals surface area (Å²) in [5, 5.41) is 36.4. The molecule has 0 amide bonds. The Hall–Kier alpha value is -4.92. The van der Waals surface area contributed by atoms with Gasteiger partial charge < -0.3 is 4.18 Å². The topological polar surface area (TPSA) is 197 Å². The SMILES string of the molecule is O=[N+]([O-])c1ccc(S(=O)(=O)Oc2ccc(/C=N\Nc3ccc([N+](=O)[O-])cc3[N+](=O)[O-])cc2)cc1. The van der Waals surface area contributed by atoms with Gasteiger partial charge in [0.15, 0.2) is 0 Å². The maximum atomic E-state index is 12.3. The van der Waals surface area contributed by atoms with Crippen molar-refractivity contribution >= 4 is 39.1 Å². The first-order valence-electron chi connectivity index (χ1n) is 9.08. The van der Waals surface area contributed by atoms with E-state index in [0.29, 0.717) is 5.56 Å². The summed E-state index contributed by atoms with van der Waals surface area (Å²) in [6, 6.07) is 12.8. The molecule has 3 aromatic rings. The van der Waals surface area contributed by atoms with Crippen molar-refractivity contribution in [1.82, 2.24) is 0 Å². The maximum Gasteiger partial charge on any atom is 0.339 e. The second-order valence-electron chi connectivity index (χ2n) is 6.44. The van der Waals surface area contributed by atoms with Crippen LogP contribution in [0, 0.1) is 30.3 Å². The molecule has 0 heterocycles. The van der Waals surface area contributed by atoms with Crippen LogP contribution >= 0.6 is 0 Å². The number of hydrogen-bond acceptors (Lipinski definition) is 11. The summed E-state index contributed by atoms with van der Waals surface area (Å²) in [6.07, 6.45) is 1.28. The molecule has 0 bridgehead atoms. The Balaban J connectivity index is 1.68. The zero-order valence-electron chi connectivity index (χ0n) is 16.8. The molecule has 0 aromatic heterocycles. The molecular weight excluding hydrogens is 474 g/mol. The molecule has 174 valence electrons. The second kappa shape index (κ2) is 9.70.